The highest BCUT2D eigenvalue weighted by Gasteiger charge is 2.06. The quantitative estimate of drug-likeness (QED) is 0.289. The van der Waals surface area contributed by atoms with Crippen LogP contribution in [-0.2, 0) is 19.2 Å². The van der Waals surface area contributed by atoms with E-state index < -0.39 is 17.3 Å². The number of carboxylic acid groups (broad SMARTS) is 1. The lowest BCUT2D eigenvalue weighted by molar-refractivity contribution is -0.493. The number of carboxylic acids is 1. The summed E-state index contributed by atoms with van der Waals surface area (Å²) in [6.07, 6.45) is -0.525. The van der Waals surface area contributed by atoms with Gasteiger partial charge in [0.05, 0.1) is 18.2 Å². The van der Waals surface area contributed by atoms with Gasteiger partial charge in [-0.15, -0.1) is 0 Å². The van der Waals surface area contributed by atoms with Crippen molar-refractivity contribution in [3.05, 3.63) is 0 Å². The number of esters is 1. The zero-order chi connectivity index (χ0) is 11.0. The summed E-state index contributed by atoms with van der Waals surface area (Å²) in [7, 11) is 0. The first kappa shape index (κ1) is 12.8. The highest BCUT2D eigenvalue weighted by molar-refractivity contribution is 5.76. The Morgan fingerprint density at radius 1 is 1.14 bits per heavy atom. The summed E-state index contributed by atoms with van der Waals surface area (Å²) in [6.45, 7) is -0.415. The van der Waals surface area contributed by atoms with Crippen LogP contribution in [0.25, 0.3) is 0 Å². The van der Waals surface area contributed by atoms with Gasteiger partial charge in [-0.1, -0.05) is 0 Å². The fraction of sp³-hybridized carbons (Fsp3) is 0.667. The molecule has 0 aromatic heterocycles. The second-order valence-electron chi connectivity index (χ2n) is 2.20. The number of nitrogens with zero attached hydrogens (tertiary/aromatic N) is 1. The van der Waals surface area contributed by atoms with Crippen molar-refractivity contribution < 1.29 is 34.7 Å². The minimum atomic E-state index is -1.09. The van der Waals surface area contributed by atoms with Crippen molar-refractivity contribution in [3.63, 3.8) is 0 Å². The molecule has 0 heterocycles. The Balaban J connectivity index is 3.31. The Hall–Kier alpha value is -1.22. The molecule has 82 valence electrons. The average molecular weight is 209 g/mol. The van der Waals surface area contributed by atoms with Crippen LogP contribution in [0, 0.1) is 0 Å². The zero-order valence-electron chi connectivity index (χ0n) is 7.25. The third kappa shape index (κ3) is 8.87. The van der Waals surface area contributed by atoms with Crippen LogP contribution in [0.1, 0.15) is 12.8 Å². The van der Waals surface area contributed by atoms with Gasteiger partial charge in [0.1, 0.15) is 13.2 Å². The van der Waals surface area contributed by atoms with E-state index in [1.807, 2.05) is 0 Å². The van der Waals surface area contributed by atoms with E-state index in [0.717, 1.165) is 0 Å². The Bertz CT molecular complexity index is 193. The fourth-order valence-corrected chi connectivity index (χ4v) is 0.556. The lowest BCUT2D eigenvalue weighted by atomic mass is 10.3. The van der Waals surface area contributed by atoms with Gasteiger partial charge in [0, 0.05) is 0 Å². The summed E-state index contributed by atoms with van der Waals surface area (Å²) in [4.78, 5) is 24.8. The van der Waals surface area contributed by atoms with E-state index in [-0.39, 0.29) is 26.1 Å². The molecule has 0 atom stereocenters. The number of carbonyl (C=O) groups excluding carboxylic acids is 1. The third-order valence-electron chi connectivity index (χ3n) is 1.10. The minimum absolute atomic E-state index is 0.184. The minimum Gasteiger partial charge on any atom is -0.481 e. The smallest absolute Gasteiger partial charge is 0.306 e. The normalized spacial score (nSPS) is 10.2. The molecule has 0 unspecified atom stereocenters. The van der Waals surface area contributed by atoms with Crippen LogP contribution in [0.15, 0.2) is 0 Å². The highest BCUT2D eigenvalue weighted by Crippen LogP contribution is 1.92. The molecule has 14 heavy (non-hydrogen) atoms. The molecule has 0 aliphatic rings. The first-order valence-electron chi connectivity index (χ1n) is 3.70. The van der Waals surface area contributed by atoms with Gasteiger partial charge < -0.3 is 9.84 Å². The van der Waals surface area contributed by atoms with Crippen LogP contribution in [-0.4, -0.2) is 46.1 Å². The Morgan fingerprint density at radius 2 is 1.79 bits per heavy atom. The molecule has 0 bridgehead atoms. The summed E-state index contributed by atoms with van der Waals surface area (Å²) in [5.41, 5.74) is 0. The van der Waals surface area contributed by atoms with Gasteiger partial charge in [-0.25, -0.2) is 4.84 Å². The fourth-order valence-electron chi connectivity index (χ4n) is 0.556. The van der Waals surface area contributed by atoms with Gasteiger partial charge in [0.25, 0.3) is 0 Å². The molecule has 0 saturated carbocycles. The molecule has 0 fully saturated rings. The maximum Gasteiger partial charge on any atom is 0.306 e. The monoisotopic (exact) mass is 209 g/mol. The molecule has 0 saturated heterocycles. The number of rotatable bonds is 7. The van der Waals surface area contributed by atoms with E-state index in [4.69, 9.17) is 15.5 Å². The average Bonchev–Trinajstić information content (AvgIpc) is 2.08. The number of carbonyl (C=O) groups is 2. The molecule has 8 nitrogen and oxygen atoms in total. The lowest BCUT2D eigenvalue weighted by Gasteiger charge is -2.06. The van der Waals surface area contributed by atoms with Crippen molar-refractivity contribution in [3.8, 4) is 0 Å². The Labute approximate surface area is 79.1 Å². The lowest BCUT2D eigenvalue weighted by Crippen LogP contribution is -2.19. The predicted octanol–water partition coefficient (Wildman–Crippen LogP) is -0.594. The summed E-state index contributed by atoms with van der Waals surface area (Å²) in [5.74, 6) is -1.77. The number of hydrogen-bond acceptors (Lipinski definition) is 7. The predicted molar refractivity (Wildman–Crippen MR) is 39.2 cm³/mol. The van der Waals surface area contributed by atoms with Crippen molar-refractivity contribution in [2.24, 2.45) is 0 Å². The second-order valence-corrected chi connectivity index (χ2v) is 2.20. The SMILES string of the molecule is O=C(O)CCC(=O)OCCON(O)O. The number of aliphatic carboxylic acids is 1. The van der Waals surface area contributed by atoms with Gasteiger partial charge in [0.15, 0.2) is 0 Å². The first-order chi connectivity index (χ1) is 6.52. The zero-order valence-corrected chi connectivity index (χ0v) is 7.25. The second kappa shape index (κ2) is 7.21. The van der Waals surface area contributed by atoms with Crippen LogP contribution in [0.4, 0.5) is 0 Å². The largest absolute Gasteiger partial charge is 0.481 e. The standard InChI is InChI=1S/C6H11NO7/c8-5(9)1-2-6(10)13-3-4-14-7(11)12/h11-12H,1-4H2,(H,8,9). The maximum absolute atomic E-state index is 10.7. The van der Waals surface area contributed by atoms with Gasteiger partial charge in [0.2, 0.25) is 0 Å². The Morgan fingerprint density at radius 3 is 2.29 bits per heavy atom. The van der Waals surface area contributed by atoms with E-state index in [0.29, 0.717) is 0 Å². The molecule has 0 radical (unpaired) electrons. The first-order valence-corrected chi connectivity index (χ1v) is 3.70. The van der Waals surface area contributed by atoms with Gasteiger partial charge in [-0.3, -0.25) is 20.0 Å². The molecular weight excluding hydrogens is 198 g/mol. The van der Waals surface area contributed by atoms with Crippen LogP contribution in [0.5, 0.6) is 0 Å². The molecule has 0 aliphatic carbocycles. The summed E-state index contributed by atoms with van der Waals surface area (Å²) < 4.78 is 4.47. The van der Waals surface area contributed by atoms with Crippen LogP contribution in [0.3, 0.4) is 0 Å². The van der Waals surface area contributed by atoms with Crippen molar-refractivity contribution in [2.45, 2.75) is 12.8 Å². The summed E-state index contributed by atoms with van der Waals surface area (Å²) in [6, 6.07) is 0. The van der Waals surface area contributed by atoms with E-state index in [1.165, 1.54) is 0 Å². The molecule has 0 rings (SSSR count). The molecule has 0 spiro atoms. The van der Waals surface area contributed by atoms with E-state index in [1.54, 1.807) is 0 Å². The van der Waals surface area contributed by atoms with Crippen molar-refractivity contribution in [1.82, 2.24) is 5.39 Å². The highest BCUT2D eigenvalue weighted by atomic mass is 17.1. The van der Waals surface area contributed by atoms with Crippen molar-refractivity contribution >= 4 is 11.9 Å². The van der Waals surface area contributed by atoms with Crippen molar-refractivity contribution in [2.75, 3.05) is 13.2 Å². The van der Waals surface area contributed by atoms with Crippen molar-refractivity contribution in [1.29, 1.82) is 0 Å². The number of hydrogen-bond donors (Lipinski definition) is 3. The third-order valence-corrected chi connectivity index (χ3v) is 1.10. The van der Waals surface area contributed by atoms with Crippen LogP contribution < -0.4 is 0 Å². The topological polar surface area (TPSA) is 117 Å². The molecule has 0 aromatic carbocycles. The summed E-state index contributed by atoms with van der Waals surface area (Å²) >= 11 is 0. The Kier molecular flexibility index (Phi) is 6.58. The molecule has 0 amide bonds. The molecule has 0 aliphatic heterocycles. The van der Waals surface area contributed by atoms with Gasteiger partial charge >= 0.3 is 11.9 Å². The van der Waals surface area contributed by atoms with E-state index in [9.17, 15) is 9.59 Å². The van der Waals surface area contributed by atoms with Crippen LogP contribution >= 0.6 is 0 Å². The van der Waals surface area contributed by atoms with Crippen LogP contribution in [0.2, 0.25) is 0 Å². The summed E-state index contributed by atoms with van der Waals surface area (Å²) in [5, 5.41) is 23.8. The molecular formula is C6H11NO7. The molecule has 3 N–H and O–H groups in total. The van der Waals surface area contributed by atoms with Gasteiger partial charge in [-0.05, 0) is 0 Å². The molecule has 0 aromatic rings. The maximum atomic E-state index is 10.7. The van der Waals surface area contributed by atoms with Gasteiger partial charge in [-0.2, -0.15) is 0 Å². The van der Waals surface area contributed by atoms with E-state index in [2.05, 4.69) is 9.57 Å². The van der Waals surface area contributed by atoms with E-state index >= 15 is 0 Å². The number of ether oxygens (including phenoxy) is 1. The molecule has 8 heteroatoms.